The molecule has 4 nitrogen and oxygen atoms in total. The van der Waals surface area contributed by atoms with E-state index in [2.05, 4.69) is 33.2 Å². The minimum Gasteiger partial charge on any atom is -0.484 e. The van der Waals surface area contributed by atoms with Crippen molar-refractivity contribution >= 4 is 34.2 Å². The largest absolute Gasteiger partial charge is 0.484 e. The van der Waals surface area contributed by atoms with Gasteiger partial charge in [-0.3, -0.25) is 4.79 Å². The molecule has 2 aromatic carbocycles. The van der Waals surface area contributed by atoms with E-state index < -0.39 is 0 Å². The van der Waals surface area contributed by atoms with Crippen molar-refractivity contribution in [3.63, 3.8) is 0 Å². The maximum Gasteiger partial charge on any atom is 0.262 e. The Morgan fingerprint density at radius 2 is 2.00 bits per heavy atom. The van der Waals surface area contributed by atoms with Crippen molar-refractivity contribution in [3.05, 3.63) is 57.7 Å². The summed E-state index contributed by atoms with van der Waals surface area (Å²) in [6.07, 6.45) is 0. The third-order valence-electron chi connectivity index (χ3n) is 2.80. The Balaban J connectivity index is 1.89. The number of halogens is 1. The zero-order chi connectivity index (χ0) is 15.1. The molecule has 0 bridgehead atoms. The number of hydrogen-bond acceptors (Lipinski definition) is 3. The van der Waals surface area contributed by atoms with Gasteiger partial charge in [-0.15, -0.1) is 0 Å². The second-order valence-electron chi connectivity index (χ2n) is 4.49. The molecule has 0 atom stereocenters. The number of rotatable bonds is 6. The quantitative estimate of drug-likeness (QED) is 0.739. The summed E-state index contributed by atoms with van der Waals surface area (Å²) in [5.41, 5.74) is 1.92. The first-order valence-electron chi connectivity index (χ1n) is 6.60. The first-order chi connectivity index (χ1) is 10.2. The van der Waals surface area contributed by atoms with Crippen LogP contribution in [0.2, 0.25) is 0 Å². The van der Waals surface area contributed by atoms with Gasteiger partial charge in [0.15, 0.2) is 6.61 Å². The molecule has 1 amide bonds. The highest BCUT2D eigenvalue weighted by molar-refractivity contribution is 14.1. The molecule has 0 unspecified atom stereocenters. The first kappa shape index (κ1) is 15.8. The van der Waals surface area contributed by atoms with Gasteiger partial charge in [-0.05, 0) is 59.5 Å². The molecule has 0 spiro atoms. The number of hydrogen-bond donors (Lipinski definition) is 2. The van der Waals surface area contributed by atoms with Gasteiger partial charge in [0, 0.05) is 10.1 Å². The predicted octanol–water partition coefficient (Wildman–Crippen LogP) is 3.03. The van der Waals surface area contributed by atoms with E-state index >= 15 is 0 Å². The van der Waals surface area contributed by atoms with Gasteiger partial charge in [-0.1, -0.05) is 24.3 Å². The second kappa shape index (κ2) is 7.99. The molecule has 0 aliphatic rings. The van der Waals surface area contributed by atoms with Crippen molar-refractivity contribution < 1.29 is 9.53 Å². The lowest BCUT2D eigenvalue weighted by molar-refractivity contribution is -0.118. The summed E-state index contributed by atoms with van der Waals surface area (Å²) in [6.45, 7) is 0.763. The highest BCUT2D eigenvalue weighted by atomic mass is 127. The van der Waals surface area contributed by atoms with Crippen LogP contribution in [0.1, 0.15) is 5.56 Å². The van der Waals surface area contributed by atoms with Gasteiger partial charge >= 0.3 is 0 Å². The van der Waals surface area contributed by atoms with Crippen molar-refractivity contribution in [1.82, 2.24) is 5.32 Å². The molecule has 2 aromatic rings. The molecule has 0 saturated carbocycles. The SMILES string of the molecule is CNCc1cccc(OCC(=O)Nc2ccccc2I)c1. The molecule has 21 heavy (non-hydrogen) atoms. The van der Waals surface area contributed by atoms with Crippen LogP contribution in [-0.4, -0.2) is 19.6 Å². The fraction of sp³-hybridized carbons (Fsp3) is 0.188. The van der Waals surface area contributed by atoms with E-state index in [0.29, 0.717) is 5.75 Å². The van der Waals surface area contributed by atoms with Crippen LogP contribution in [0.25, 0.3) is 0 Å². The molecular weight excluding hydrogens is 379 g/mol. The number of benzene rings is 2. The summed E-state index contributed by atoms with van der Waals surface area (Å²) in [7, 11) is 1.89. The molecule has 0 aromatic heterocycles. The van der Waals surface area contributed by atoms with Crippen LogP contribution < -0.4 is 15.4 Å². The maximum atomic E-state index is 11.9. The Bertz CT molecular complexity index is 617. The zero-order valence-electron chi connectivity index (χ0n) is 11.7. The Morgan fingerprint density at radius 1 is 1.19 bits per heavy atom. The highest BCUT2D eigenvalue weighted by Crippen LogP contribution is 2.17. The number of nitrogens with one attached hydrogen (secondary N) is 2. The summed E-state index contributed by atoms with van der Waals surface area (Å²) >= 11 is 2.18. The van der Waals surface area contributed by atoms with E-state index in [1.54, 1.807) is 0 Å². The smallest absolute Gasteiger partial charge is 0.262 e. The summed E-state index contributed by atoms with van der Waals surface area (Å²) in [5, 5.41) is 5.92. The Hall–Kier alpha value is -1.60. The maximum absolute atomic E-state index is 11.9. The molecule has 0 saturated heterocycles. The van der Waals surface area contributed by atoms with Crippen LogP contribution in [0.15, 0.2) is 48.5 Å². The highest BCUT2D eigenvalue weighted by Gasteiger charge is 2.06. The number of amides is 1. The standard InChI is InChI=1S/C16H17IN2O2/c1-18-10-12-5-4-6-13(9-12)21-11-16(20)19-15-8-3-2-7-14(15)17/h2-9,18H,10-11H2,1H3,(H,19,20). The van der Waals surface area contributed by atoms with Gasteiger partial charge < -0.3 is 15.4 Å². The molecule has 5 heteroatoms. The second-order valence-corrected chi connectivity index (χ2v) is 5.66. The molecule has 0 aliphatic heterocycles. The van der Waals surface area contributed by atoms with Gasteiger partial charge in [0.25, 0.3) is 5.91 Å². The van der Waals surface area contributed by atoms with Crippen LogP contribution in [-0.2, 0) is 11.3 Å². The number of anilines is 1. The van der Waals surface area contributed by atoms with E-state index in [-0.39, 0.29) is 12.5 Å². The summed E-state index contributed by atoms with van der Waals surface area (Å²) in [5.74, 6) is 0.527. The third kappa shape index (κ3) is 5.02. The molecule has 2 N–H and O–H groups in total. The van der Waals surface area contributed by atoms with Gasteiger partial charge in [-0.2, -0.15) is 0 Å². The molecular formula is C16H17IN2O2. The molecule has 0 fully saturated rings. The third-order valence-corrected chi connectivity index (χ3v) is 3.74. The van der Waals surface area contributed by atoms with Crippen LogP contribution in [0.5, 0.6) is 5.75 Å². The van der Waals surface area contributed by atoms with Crippen LogP contribution in [0.4, 0.5) is 5.69 Å². The van der Waals surface area contributed by atoms with Crippen molar-refractivity contribution in [2.24, 2.45) is 0 Å². The van der Waals surface area contributed by atoms with Gasteiger partial charge in [0.1, 0.15) is 5.75 Å². The van der Waals surface area contributed by atoms with E-state index in [1.807, 2.05) is 55.6 Å². The topological polar surface area (TPSA) is 50.4 Å². The van der Waals surface area contributed by atoms with Gasteiger partial charge in [0.05, 0.1) is 5.69 Å². The molecule has 110 valence electrons. The van der Waals surface area contributed by atoms with Crippen LogP contribution in [0.3, 0.4) is 0 Å². The van der Waals surface area contributed by atoms with E-state index in [4.69, 9.17) is 4.74 Å². The predicted molar refractivity (Wildman–Crippen MR) is 92.5 cm³/mol. The monoisotopic (exact) mass is 396 g/mol. The lowest BCUT2D eigenvalue weighted by Gasteiger charge is -2.09. The Kier molecular flexibility index (Phi) is 6.01. The van der Waals surface area contributed by atoms with Crippen LogP contribution in [0, 0.1) is 3.57 Å². The minimum absolute atomic E-state index is 0.00597. The Morgan fingerprint density at radius 3 is 2.76 bits per heavy atom. The van der Waals surface area contributed by atoms with Crippen molar-refractivity contribution in [2.75, 3.05) is 19.0 Å². The molecule has 2 rings (SSSR count). The minimum atomic E-state index is -0.168. The van der Waals surface area contributed by atoms with Crippen molar-refractivity contribution in [3.8, 4) is 5.75 Å². The Labute approximate surface area is 138 Å². The fourth-order valence-electron chi connectivity index (χ4n) is 1.85. The molecule has 0 heterocycles. The van der Waals surface area contributed by atoms with E-state index in [0.717, 1.165) is 21.4 Å². The van der Waals surface area contributed by atoms with E-state index in [1.165, 1.54) is 0 Å². The van der Waals surface area contributed by atoms with E-state index in [9.17, 15) is 4.79 Å². The number of carbonyl (C=O) groups is 1. The average Bonchev–Trinajstić information content (AvgIpc) is 2.48. The molecule has 0 aliphatic carbocycles. The normalized spacial score (nSPS) is 10.2. The van der Waals surface area contributed by atoms with Crippen LogP contribution >= 0.6 is 22.6 Å². The first-order valence-corrected chi connectivity index (χ1v) is 7.67. The lowest BCUT2D eigenvalue weighted by atomic mass is 10.2. The van der Waals surface area contributed by atoms with Crippen molar-refractivity contribution in [1.29, 1.82) is 0 Å². The molecule has 0 radical (unpaired) electrons. The average molecular weight is 396 g/mol. The van der Waals surface area contributed by atoms with Crippen molar-refractivity contribution in [2.45, 2.75) is 6.54 Å². The van der Waals surface area contributed by atoms with Gasteiger partial charge in [-0.25, -0.2) is 0 Å². The summed E-state index contributed by atoms with van der Waals surface area (Å²) in [4.78, 5) is 11.9. The fourth-order valence-corrected chi connectivity index (χ4v) is 2.37. The number of para-hydroxylation sites is 1. The summed E-state index contributed by atoms with van der Waals surface area (Å²) in [6, 6.07) is 15.3. The summed E-state index contributed by atoms with van der Waals surface area (Å²) < 4.78 is 6.52. The zero-order valence-corrected chi connectivity index (χ0v) is 13.9. The lowest BCUT2D eigenvalue weighted by Crippen LogP contribution is -2.20. The number of ether oxygens (including phenoxy) is 1. The van der Waals surface area contributed by atoms with Gasteiger partial charge in [0.2, 0.25) is 0 Å². The number of carbonyl (C=O) groups excluding carboxylic acids is 1.